The van der Waals surface area contributed by atoms with Gasteiger partial charge < -0.3 is 0 Å². The van der Waals surface area contributed by atoms with Gasteiger partial charge in [0.05, 0.1) is 6.07 Å². The minimum absolute atomic E-state index is 0. The molecule has 0 atom stereocenters. The maximum atomic E-state index is 8.03. The van der Waals surface area contributed by atoms with Crippen LogP contribution in [0.5, 0.6) is 0 Å². The third-order valence-corrected chi connectivity index (χ3v) is 0.697. The number of nitriles is 1. The molecule has 0 aliphatic heterocycles. The van der Waals surface area contributed by atoms with Crippen molar-refractivity contribution in [2.24, 2.45) is 0 Å². The largest absolute Gasteiger partial charge is 0 e. The Hall–Kier alpha value is -1.55. The van der Waals surface area contributed by atoms with Gasteiger partial charge in [-0.1, -0.05) is 30.4 Å². The van der Waals surface area contributed by atoms with Crippen LogP contribution in [0, 0.1) is 31.3 Å². The average molecular weight is 259 g/mol. The van der Waals surface area contributed by atoms with Crippen molar-refractivity contribution < 1.29 is 31.0 Å². The third-order valence-electron chi connectivity index (χ3n) is 0.697. The minimum Gasteiger partial charge on any atom is 0 e. The molecule has 0 N–H and O–H groups in total. The number of hydrogen-bond donors (Lipinski definition) is 0. The molecule has 0 saturated carbocycles. The molecule has 0 aromatic carbocycles. The van der Waals surface area contributed by atoms with Crippen molar-refractivity contribution in [2.45, 2.75) is 6.92 Å². The van der Waals surface area contributed by atoms with Crippen LogP contribution in [0.4, 0.5) is 0 Å². The second-order valence-corrected chi connectivity index (χ2v) is 1.40. The van der Waals surface area contributed by atoms with Crippen molar-refractivity contribution in [3.63, 3.8) is 0 Å². The van der Waals surface area contributed by atoms with Crippen LogP contribution in [-0.2, 0) is 31.0 Å². The fourth-order valence-electron chi connectivity index (χ4n) is 0.338. The Morgan fingerprint density at radius 3 is 1.56 bits per heavy atom. The van der Waals surface area contributed by atoms with Gasteiger partial charge in [-0.15, -0.1) is 0 Å². The number of rotatable bonds is 2. The molecule has 0 aliphatic carbocycles. The molecule has 0 spiro atoms. The van der Waals surface area contributed by atoms with Crippen LogP contribution in [0.3, 0.4) is 0 Å². The quantitative estimate of drug-likeness (QED) is 0.245. The number of nitrogens with zero attached hydrogens (tertiary/aromatic N) is 1. The Bertz CT molecular complexity index is 266. The smallest absolute Gasteiger partial charge is 0 e. The number of hydrogen-bond acceptors (Lipinski definition) is 1. The van der Waals surface area contributed by atoms with Crippen molar-refractivity contribution in [1.82, 2.24) is 0 Å². The standard InChI is InChI=1S/C8H9N.3CO.Fe/c1-2-3-4-5-6-7-8-9;3*1-2;/h2-7H,1H3;;;;/b3-2+,5-4+,7-6+;;;;. The molecule has 16 heavy (non-hydrogen) atoms. The molecular weight excluding hydrogens is 250 g/mol. The first-order valence-corrected chi connectivity index (χ1v) is 3.37. The summed E-state index contributed by atoms with van der Waals surface area (Å²) in [5, 5.41) is 8.03. The van der Waals surface area contributed by atoms with Gasteiger partial charge in [-0.2, -0.15) is 5.26 Å². The molecule has 0 aromatic heterocycles. The molecule has 0 saturated heterocycles. The van der Waals surface area contributed by atoms with Crippen molar-refractivity contribution >= 4 is 0 Å². The van der Waals surface area contributed by atoms with E-state index >= 15 is 0 Å². The monoisotopic (exact) mass is 259 g/mol. The summed E-state index contributed by atoms with van der Waals surface area (Å²) in [7, 11) is 0. The van der Waals surface area contributed by atoms with Gasteiger partial charge in [-0.3, -0.25) is 0 Å². The first-order chi connectivity index (χ1) is 7.41. The summed E-state index contributed by atoms with van der Waals surface area (Å²) in [5.74, 6) is 0. The van der Waals surface area contributed by atoms with E-state index in [0.29, 0.717) is 0 Å². The van der Waals surface area contributed by atoms with Gasteiger partial charge in [0.15, 0.2) is 0 Å². The Labute approximate surface area is 106 Å². The van der Waals surface area contributed by atoms with Crippen LogP contribution in [0.2, 0.25) is 0 Å². The molecule has 0 amide bonds. The van der Waals surface area contributed by atoms with Gasteiger partial charge in [0.25, 0.3) is 0 Å². The van der Waals surface area contributed by atoms with Crippen LogP contribution in [0.25, 0.3) is 0 Å². The summed E-state index contributed by atoms with van der Waals surface area (Å²) >= 11 is 0. The van der Waals surface area contributed by atoms with E-state index in [1.807, 2.05) is 37.3 Å². The maximum absolute atomic E-state index is 8.03. The second-order valence-electron chi connectivity index (χ2n) is 1.40. The molecule has 0 fully saturated rings. The fourth-order valence-corrected chi connectivity index (χ4v) is 0.338. The third kappa shape index (κ3) is 82.4. The Kier molecular flexibility index (Phi) is 128. The van der Waals surface area contributed by atoms with E-state index in [-0.39, 0.29) is 17.1 Å². The zero-order valence-electron chi connectivity index (χ0n) is 8.49. The van der Waals surface area contributed by atoms with Crippen LogP contribution in [-0.4, -0.2) is 0 Å². The van der Waals surface area contributed by atoms with Gasteiger partial charge >= 0.3 is 33.9 Å². The van der Waals surface area contributed by atoms with E-state index in [9.17, 15) is 0 Å². The molecule has 84 valence electrons. The maximum Gasteiger partial charge on any atom is 0 e. The van der Waals surface area contributed by atoms with Gasteiger partial charge in [-0.05, 0) is 6.92 Å². The predicted molar refractivity (Wildman–Crippen MR) is 50.5 cm³/mol. The van der Waals surface area contributed by atoms with E-state index in [0.717, 1.165) is 0 Å². The molecule has 0 bridgehead atoms. The number of allylic oxidation sites excluding steroid dienone is 6. The van der Waals surface area contributed by atoms with Crippen molar-refractivity contribution in [3.05, 3.63) is 56.4 Å². The van der Waals surface area contributed by atoms with Crippen LogP contribution in [0.15, 0.2) is 36.5 Å². The summed E-state index contributed by atoms with van der Waals surface area (Å²) in [4.78, 5) is 0. The van der Waals surface area contributed by atoms with Crippen LogP contribution >= 0.6 is 0 Å². The molecule has 4 nitrogen and oxygen atoms in total. The molecule has 5 heteroatoms. The summed E-state index contributed by atoms with van der Waals surface area (Å²) in [5.41, 5.74) is 0. The Morgan fingerprint density at radius 2 is 1.25 bits per heavy atom. The first kappa shape index (κ1) is 29.3. The van der Waals surface area contributed by atoms with Crippen molar-refractivity contribution in [1.29, 1.82) is 5.26 Å². The average Bonchev–Trinajstić information content (AvgIpc) is 2.37. The van der Waals surface area contributed by atoms with E-state index in [4.69, 9.17) is 19.2 Å². The Morgan fingerprint density at radius 1 is 0.875 bits per heavy atom. The minimum atomic E-state index is 0. The van der Waals surface area contributed by atoms with Crippen LogP contribution in [0.1, 0.15) is 6.92 Å². The molecule has 0 rings (SSSR count). The van der Waals surface area contributed by atoms with E-state index in [2.05, 4.69) is 20.0 Å². The summed E-state index contributed by atoms with van der Waals surface area (Å²) in [6.07, 6.45) is 10.6. The first-order valence-electron chi connectivity index (χ1n) is 3.37. The topological polar surface area (TPSA) is 83.5 Å². The van der Waals surface area contributed by atoms with Gasteiger partial charge in [-0.25, -0.2) is 0 Å². The molecule has 0 aliphatic rings. The molecular formula is C11H9FeNO3. The summed E-state index contributed by atoms with van der Waals surface area (Å²) in [6.45, 7) is 15.4. The van der Waals surface area contributed by atoms with E-state index in [1.165, 1.54) is 6.08 Å². The zero-order valence-corrected chi connectivity index (χ0v) is 9.59. The summed E-state index contributed by atoms with van der Waals surface area (Å²) in [6, 6.07) is 1.89. The molecule has 0 heterocycles. The Balaban J connectivity index is -0.0000000498. The molecule has 0 unspecified atom stereocenters. The molecule has 0 radical (unpaired) electrons. The summed E-state index contributed by atoms with van der Waals surface area (Å²) < 4.78 is 22.5. The normalized spacial score (nSPS) is 6.88. The SMILES string of the molecule is C/C=C/C=C/C=C/C#N.[C-]#[O+].[C-]#[O+].[C-]#[O+].[Fe]. The van der Waals surface area contributed by atoms with Crippen LogP contribution < -0.4 is 0 Å². The van der Waals surface area contributed by atoms with Crippen molar-refractivity contribution in [2.75, 3.05) is 0 Å². The van der Waals surface area contributed by atoms with E-state index < -0.39 is 0 Å². The van der Waals surface area contributed by atoms with Crippen molar-refractivity contribution in [3.8, 4) is 6.07 Å². The van der Waals surface area contributed by atoms with E-state index in [1.54, 1.807) is 6.08 Å². The van der Waals surface area contributed by atoms with Gasteiger partial charge in [0.1, 0.15) is 0 Å². The zero-order chi connectivity index (χ0) is 12.9. The van der Waals surface area contributed by atoms with Gasteiger partial charge in [0.2, 0.25) is 0 Å². The van der Waals surface area contributed by atoms with Gasteiger partial charge in [0, 0.05) is 23.1 Å². The predicted octanol–water partition coefficient (Wildman–Crippen LogP) is 2.08. The fraction of sp³-hybridized carbons (Fsp3) is 0.0909. The second kappa shape index (κ2) is 70.2. The molecule has 0 aromatic rings.